The minimum absolute atomic E-state index is 0.0212. The quantitative estimate of drug-likeness (QED) is 0.148. The lowest BCUT2D eigenvalue weighted by atomic mass is 9.91. The molecule has 0 aliphatic carbocycles. The Bertz CT molecular complexity index is 984. The van der Waals surface area contributed by atoms with Crippen LogP contribution in [0.3, 0.4) is 0 Å². The largest absolute Gasteiger partial charge is 0.493 e. The highest BCUT2D eigenvalue weighted by atomic mass is 19.4. The SMILES string of the molecule is C/C(=C/C=C/C(C)=C/C(=O)O)c1cc(C(F)(F)C(F)(F)F)cc(C(C)C)c1OCCCC(F)(F)F. The Labute approximate surface area is 197 Å². The number of ether oxygens (including phenoxy) is 1. The number of halogens is 8. The molecule has 0 spiro atoms. The first-order valence-corrected chi connectivity index (χ1v) is 10.5. The van der Waals surface area contributed by atoms with Crippen LogP contribution in [-0.2, 0) is 10.7 Å². The van der Waals surface area contributed by atoms with Gasteiger partial charge >= 0.3 is 24.2 Å². The van der Waals surface area contributed by atoms with Crippen molar-refractivity contribution >= 4 is 11.5 Å². The molecule has 0 aliphatic heterocycles. The third kappa shape index (κ3) is 9.03. The number of allylic oxidation sites excluding steroid dienone is 5. The van der Waals surface area contributed by atoms with Crippen molar-refractivity contribution in [2.45, 2.75) is 64.7 Å². The zero-order chi connectivity index (χ0) is 27.2. The van der Waals surface area contributed by atoms with Crippen LogP contribution < -0.4 is 4.74 Å². The van der Waals surface area contributed by atoms with E-state index in [1.165, 1.54) is 45.9 Å². The van der Waals surface area contributed by atoms with Crippen LogP contribution in [-0.4, -0.2) is 30.0 Å². The van der Waals surface area contributed by atoms with Crippen molar-refractivity contribution in [1.29, 1.82) is 0 Å². The summed E-state index contributed by atoms with van der Waals surface area (Å²) in [7, 11) is 0. The molecule has 11 heteroatoms. The Balaban J connectivity index is 3.62. The van der Waals surface area contributed by atoms with Crippen molar-refractivity contribution in [2.75, 3.05) is 6.61 Å². The van der Waals surface area contributed by atoms with E-state index >= 15 is 0 Å². The van der Waals surface area contributed by atoms with Gasteiger partial charge in [0.25, 0.3) is 0 Å². The van der Waals surface area contributed by atoms with Crippen LogP contribution in [0.25, 0.3) is 5.57 Å². The van der Waals surface area contributed by atoms with E-state index in [2.05, 4.69) is 0 Å². The lowest BCUT2D eigenvalue weighted by Gasteiger charge is -2.25. The van der Waals surface area contributed by atoms with E-state index < -0.39 is 55.2 Å². The first-order chi connectivity index (χ1) is 15.9. The summed E-state index contributed by atoms with van der Waals surface area (Å²) in [6.45, 7) is 5.49. The first-order valence-electron chi connectivity index (χ1n) is 10.5. The van der Waals surface area contributed by atoms with Gasteiger partial charge in [0.2, 0.25) is 0 Å². The predicted octanol–water partition coefficient (Wildman–Crippen LogP) is 8.18. The second-order valence-corrected chi connectivity index (χ2v) is 8.17. The normalized spacial score (nSPS) is 14.2. The maximum absolute atomic E-state index is 14.2. The van der Waals surface area contributed by atoms with Gasteiger partial charge in [0.05, 0.1) is 6.61 Å². The second-order valence-electron chi connectivity index (χ2n) is 8.17. The molecule has 1 N–H and O–H groups in total. The number of carboxylic acids is 1. The second kappa shape index (κ2) is 11.7. The summed E-state index contributed by atoms with van der Waals surface area (Å²) >= 11 is 0. The fraction of sp³-hybridized carbons (Fsp3) is 0.458. The van der Waals surface area contributed by atoms with Crippen LogP contribution >= 0.6 is 0 Å². The maximum atomic E-state index is 14.2. The van der Waals surface area contributed by atoms with Crippen LogP contribution in [0.4, 0.5) is 35.1 Å². The van der Waals surface area contributed by atoms with Gasteiger partial charge in [0.15, 0.2) is 0 Å². The molecule has 3 nitrogen and oxygen atoms in total. The summed E-state index contributed by atoms with van der Waals surface area (Å²) < 4.78 is 111. The van der Waals surface area contributed by atoms with Crippen molar-refractivity contribution in [3.05, 3.63) is 58.7 Å². The molecular weight excluding hydrogens is 488 g/mol. The highest BCUT2D eigenvalue weighted by Crippen LogP contribution is 2.47. The lowest BCUT2D eigenvalue weighted by molar-refractivity contribution is -0.289. The molecule has 0 atom stereocenters. The summed E-state index contributed by atoms with van der Waals surface area (Å²) in [5.74, 6) is -7.08. The Kier molecular flexibility index (Phi) is 10.1. The fourth-order valence-corrected chi connectivity index (χ4v) is 3.00. The summed E-state index contributed by atoms with van der Waals surface area (Å²) in [6.07, 6.45) is -6.93. The smallest absolute Gasteiger partial charge is 0.458 e. The van der Waals surface area contributed by atoms with E-state index in [0.29, 0.717) is 17.7 Å². The summed E-state index contributed by atoms with van der Waals surface area (Å²) in [6, 6.07) is 1.27. The number of carboxylic acid groups (broad SMARTS) is 1. The van der Waals surface area contributed by atoms with E-state index in [1.54, 1.807) is 0 Å². The molecule has 1 aromatic carbocycles. The van der Waals surface area contributed by atoms with Gasteiger partial charge in [-0.3, -0.25) is 0 Å². The summed E-state index contributed by atoms with van der Waals surface area (Å²) in [5, 5.41) is 8.74. The van der Waals surface area contributed by atoms with Gasteiger partial charge in [-0.05, 0) is 55.0 Å². The minimum atomic E-state index is -5.87. The van der Waals surface area contributed by atoms with E-state index in [0.717, 1.165) is 6.08 Å². The molecule has 0 unspecified atom stereocenters. The zero-order valence-electron chi connectivity index (χ0n) is 19.5. The minimum Gasteiger partial charge on any atom is -0.493 e. The zero-order valence-corrected chi connectivity index (χ0v) is 19.5. The molecule has 0 amide bonds. The van der Waals surface area contributed by atoms with Crippen molar-refractivity contribution in [2.24, 2.45) is 0 Å². The first kappa shape index (κ1) is 30.2. The molecule has 0 saturated carbocycles. The van der Waals surface area contributed by atoms with Gasteiger partial charge in [0, 0.05) is 23.6 Å². The standard InChI is InChI=1S/C24H26F8O3/c1-14(2)18-12-17(23(28,29)24(30,31)32)13-19(21(18)35-10-6-9-22(25,26)27)16(4)8-5-7-15(3)11-20(33)34/h5,7-8,11-14H,6,9-10H2,1-4H3,(H,33,34)/b7-5+,15-11+,16-8-. The monoisotopic (exact) mass is 514 g/mol. The van der Waals surface area contributed by atoms with Crippen LogP contribution in [0.2, 0.25) is 0 Å². The lowest BCUT2D eigenvalue weighted by Crippen LogP contribution is -2.34. The summed E-state index contributed by atoms with van der Waals surface area (Å²) in [5.41, 5.74) is -0.994. The van der Waals surface area contributed by atoms with Gasteiger partial charge in [-0.15, -0.1) is 0 Å². The van der Waals surface area contributed by atoms with Crippen LogP contribution in [0.1, 0.15) is 63.1 Å². The van der Waals surface area contributed by atoms with Crippen molar-refractivity contribution < 1.29 is 49.8 Å². The number of hydrogen-bond acceptors (Lipinski definition) is 2. The maximum Gasteiger partial charge on any atom is 0.458 e. The molecule has 1 rings (SSSR count). The molecule has 0 radical (unpaired) electrons. The number of alkyl halides is 8. The molecule has 0 aliphatic rings. The number of rotatable bonds is 10. The third-order valence-electron chi connectivity index (χ3n) is 4.79. The predicted molar refractivity (Wildman–Crippen MR) is 115 cm³/mol. The molecule has 0 fully saturated rings. The van der Waals surface area contributed by atoms with Gasteiger partial charge in [0.1, 0.15) is 5.75 Å². The van der Waals surface area contributed by atoms with Gasteiger partial charge in [-0.1, -0.05) is 32.1 Å². The number of aliphatic carboxylic acids is 1. The highest BCUT2D eigenvalue weighted by molar-refractivity contribution is 5.81. The van der Waals surface area contributed by atoms with Crippen LogP contribution in [0.15, 0.2) is 42.0 Å². The molecule has 0 heterocycles. The molecule has 0 aromatic heterocycles. The third-order valence-corrected chi connectivity index (χ3v) is 4.79. The molecule has 35 heavy (non-hydrogen) atoms. The van der Waals surface area contributed by atoms with Crippen molar-refractivity contribution in [1.82, 2.24) is 0 Å². The summed E-state index contributed by atoms with van der Waals surface area (Å²) in [4.78, 5) is 10.7. The van der Waals surface area contributed by atoms with E-state index in [4.69, 9.17) is 9.84 Å². The van der Waals surface area contributed by atoms with Crippen molar-refractivity contribution in [3.8, 4) is 5.75 Å². The van der Waals surface area contributed by atoms with E-state index in [1.807, 2.05) is 0 Å². The highest BCUT2D eigenvalue weighted by Gasteiger charge is 2.59. The Morgan fingerprint density at radius 3 is 2.14 bits per heavy atom. The average Bonchev–Trinajstić information content (AvgIpc) is 2.68. The van der Waals surface area contributed by atoms with E-state index in [9.17, 15) is 39.9 Å². The number of carbonyl (C=O) groups is 1. The fourth-order valence-electron chi connectivity index (χ4n) is 3.00. The average molecular weight is 514 g/mol. The van der Waals surface area contributed by atoms with Gasteiger partial charge in [-0.25, -0.2) is 4.79 Å². The van der Waals surface area contributed by atoms with Crippen LogP contribution in [0, 0.1) is 0 Å². The molecule has 1 aromatic rings. The van der Waals surface area contributed by atoms with Crippen molar-refractivity contribution in [3.63, 3.8) is 0 Å². The molecule has 0 bridgehead atoms. The Morgan fingerprint density at radius 2 is 1.66 bits per heavy atom. The van der Waals surface area contributed by atoms with Gasteiger partial charge in [-0.2, -0.15) is 35.1 Å². The molecule has 0 saturated heterocycles. The van der Waals surface area contributed by atoms with Crippen LogP contribution in [0.5, 0.6) is 5.75 Å². The van der Waals surface area contributed by atoms with E-state index in [-0.39, 0.29) is 22.4 Å². The Hall–Kier alpha value is -2.85. The number of hydrogen-bond donors (Lipinski definition) is 1. The van der Waals surface area contributed by atoms with Gasteiger partial charge < -0.3 is 9.84 Å². The Morgan fingerprint density at radius 1 is 1.06 bits per heavy atom. The molecular formula is C24H26F8O3. The topological polar surface area (TPSA) is 46.5 Å². The molecule has 196 valence electrons. The number of benzene rings is 1.